The van der Waals surface area contributed by atoms with E-state index in [0.717, 1.165) is 17.0 Å². The van der Waals surface area contributed by atoms with E-state index in [1.54, 1.807) is 19.5 Å². The maximum absolute atomic E-state index is 12.5. The van der Waals surface area contributed by atoms with E-state index in [1.165, 1.54) is 22.9 Å². The van der Waals surface area contributed by atoms with E-state index in [9.17, 15) is 4.79 Å². The van der Waals surface area contributed by atoms with E-state index in [1.807, 2.05) is 23.6 Å². The van der Waals surface area contributed by atoms with Gasteiger partial charge in [-0.3, -0.25) is 14.3 Å². The Morgan fingerprint density at radius 3 is 2.63 bits per heavy atom. The van der Waals surface area contributed by atoms with E-state index in [0.29, 0.717) is 18.3 Å². The van der Waals surface area contributed by atoms with Gasteiger partial charge >= 0.3 is 0 Å². The third-order valence-corrected chi connectivity index (χ3v) is 5.88. The summed E-state index contributed by atoms with van der Waals surface area (Å²) in [6.45, 7) is 7.29. The molecule has 0 spiro atoms. The van der Waals surface area contributed by atoms with E-state index in [-0.39, 0.29) is 17.7 Å². The van der Waals surface area contributed by atoms with Gasteiger partial charge < -0.3 is 10.1 Å². The molecule has 2 heterocycles. The highest BCUT2D eigenvalue weighted by Gasteiger charge is 2.17. The molecule has 1 unspecified atom stereocenters. The van der Waals surface area contributed by atoms with Crippen molar-refractivity contribution in [1.29, 1.82) is 0 Å². The van der Waals surface area contributed by atoms with Crippen molar-refractivity contribution in [3.05, 3.63) is 59.4 Å². The van der Waals surface area contributed by atoms with Crippen molar-refractivity contribution in [3.8, 4) is 11.4 Å². The van der Waals surface area contributed by atoms with Crippen LogP contribution in [0.4, 0.5) is 0 Å². The first kappa shape index (κ1) is 22.0. The molecule has 0 aliphatic heterocycles. The van der Waals surface area contributed by atoms with Crippen LogP contribution in [0.15, 0.2) is 47.9 Å². The molecule has 0 saturated carbocycles. The Kier molecular flexibility index (Phi) is 7.59. The van der Waals surface area contributed by atoms with Gasteiger partial charge in [0, 0.05) is 25.1 Å². The number of carbonyl (C=O) groups excluding carboxylic acids is 1. The molecule has 0 aliphatic carbocycles. The van der Waals surface area contributed by atoms with Crippen LogP contribution in [0.1, 0.15) is 29.7 Å². The predicted molar refractivity (Wildman–Crippen MR) is 118 cm³/mol. The molecule has 0 fully saturated rings. The van der Waals surface area contributed by atoms with Crippen LogP contribution in [-0.4, -0.2) is 45.1 Å². The first-order valence-electron chi connectivity index (χ1n) is 9.81. The Hall–Kier alpha value is -2.71. The SMILES string of the molecule is COCCn1c(SCC(=O)NC(C)c2ccc(C)c(C)c2)nnc1-c1ccncc1. The van der Waals surface area contributed by atoms with Crippen LogP contribution < -0.4 is 5.32 Å². The molecule has 0 saturated heterocycles. The number of hydrogen-bond acceptors (Lipinski definition) is 6. The van der Waals surface area contributed by atoms with Crippen LogP contribution in [0.3, 0.4) is 0 Å². The van der Waals surface area contributed by atoms with Gasteiger partial charge in [-0.15, -0.1) is 10.2 Å². The maximum Gasteiger partial charge on any atom is 0.230 e. The summed E-state index contributed by atoms with van der Waals surface area (Å²) in [7, 11) is 1.66. The molecule has 8 heteroatoms. The van der Waals surface area contributed by atoms with E-state index in [2.05, 4.69) is 52.5 Å². The van der Waals surface area contributed by atoms with Crippen LogP contribution in [0, 0.1) is 13.8 Å². The summed E-state index contributed by atoms with van der Waals surface area (Å²) in [5, 5.41) is 12.4. The number of aryl methyl sites for hydroxylation is 2. The summed E-state index contributed by atoms with van der Waals surface area (Å²) < 4.78 is 7.20. The lowest BCUT2D eigenvalue weighted by atomic mass is 10.0. The van der Waals surface area contributed by atoms with Gasteiger partial charge in [0.2, 0.25) is 5.91 Å². The van der Waals surface area contributed by atoms with Crippen molar-refractivity contribution in [2.45, 2.75) is 38.5 Å². The molecule has 3 aromatic rings. The number of carbonyl (C=O) groups is 1. The molecule has 1 amide bonds. The molecule has 3 rings (SSSR count). The molecule has 0 bridgehead atoms. The lowest BCUT2D eigenvalue weighted by molar-refractivity contribution is -0.119. The molecule has 1 N–H and O–H groups in total. The molecular weight excluding hydrogens is 398 g/mol. The molecule has 0 radical (unpaired) electrons. The fourth-order valence-electron chi connectivity index (χ4n) is 3.02. The monoisotopic (exact) mass is 425 g/mol. The molecule has 30 heavy (non-hydrogen) atoms. The number of pyridine rings is 1. The van der Waals surface area contributed by atoms with Gasteiger partial charge in [0.15, 0.2) is 11.0 Å². The normalized spacial score (nSPS) is 12.0. The molecular formula is C22H27N5O2S. The zero-order valence-electron chi connectivity index (χ0n) is 17.8. The number of benzene rings is 1. The third kappa shape index (κ3) is 5.46. The number of methoxy groups -OCH3 is 1. The van der Waals surface area contributed by atoms with Crippen molar-refractivity contribution in [3.63, 3.8) is 0 Å². The minimum absolute atomic E-state index is 0.0440. The molecule has 2 aromatic heterocycles. The summed E-state index contributed by atoms with van der Waals surface area (Å²) >= 11 is 1.37. The van der Waals surface area contributed by atoms with Crippen LogP contribution in [0.25, 0.3) is 11.4 Å². The molecule has 158 valence electrons. The number of hydrogen-bond donors (Lipinski definition) is 1. The summed E-state index contributed by atoms with van der Waals surface area (Å²) in [5.41, 5.74) is 4.49. The van der Waals surface area contributed by atoms with Gasteiger partial charge in [0.1, 0.15) is 0 Å². The summed E-state index contributed by atoms with van der Waals surface area (Å²) in [5.74, 6) is 0.953. The van der Waals surface area contributed by atoms with Crippen molar-refractivity contribution < 1.29 is 9.53 Å². The van der Waals surface area contributed by atoms with Gasteiger partial charge in [-0.1, -0.05) is 30.0 Å². The Morgan fingerprint density at radius 2 is 1.93 bits per heavy atom. The Bertz CT molecular complexity index is 990. The summed E-state index contributed by atoms with van der Waals surface area (Å²) in [6.07, 6.45) is 3.44. The number of nitrogens with zero attached hydrogens (tertiary/aromatic N) is 4. The van der Waals surface area contributed by atoms with Gasteiger partial charge in [0.05, 0.1) is 24.9 Å². The minimum atomic E-state index is -0.0591. The van der Waals surface area contributed by atoms with Crippen LogP contribution in [0.2, 0.25) is 0 Å². The quantitative estimate of drug-likeness (QED) is 0.528. The average molecular weight is 426 g/mol. The largest absolute Gasteiger partial charge is 0.383 e. The fourth-order valence-corrected chi connectivity index (χ4v) is 3.80. The van der Waals surface area contributed by atoms with E-state index >= 15 is 0 Å². The van der Waals surface area contributed by atoms with Crippen molar-refractivity contribution >= 4 is 17.7 Å². The fraction of sp³-hybridized carbons (Fsp3) is 0.364. The Morgan fingerprint density at radius 1 is 1.17 bits per heavy atom. The number of amides is 1. The number of ether oxygens (including phenoxy) is 1. The topological polar surface area (TPSA) is 81.9 Å². The standard InChI is InChI=1S/C22H27N5O2S/c1-15-5-6-19(13-16(15)2)17(3)24-20(28)14-30-22-26-25-21(27(22)11-12-29-4)18-7-9-23-10-8-18/h5-10,13,17H,11-12,14H2,1-4H3,(H,24,28). The number of thioether (sulfide) groups is 1. The summed E-state index contributed by atoms with van der Waals surface area (Å²) in [6, 6.07) is 9.98. The second kappa shape index (κ2) is 10.4. The third-order valence-electron chi connectivity index (χ3n) is 4.92. The lowest BCUT2D eigenvalue weighted by Crippen LogP contribution is -2.28. The smallest absolute Gasteiger partial charge is 0.230 e. The van der Waals surface area contributed by atoms with Crippen molar-refractivity contribution in [1.82, 2.24) is 25.1 Å². The van der Waals surface area contributed by atoms with Gasteiger partial charge in [0.25, 0.3) is 0 Å². The summed E-state index contributed by atoms with van der Waals surface area (Å²) in [4.78, 5) is 16.6. The first-order valence-corrected chi connectivity index (χ1v) is 10.8. The van der Waals surface area contributed by atoms with Crippen molar-refractivity contribution in [2.24, 2.45) is 0 Å². The molecule has 0 aliphatic rings. The van der Waals surface area contributed by atoms with Gasteiger partial charge in [-0.25, -0.2) is 0 Å². The zero-order valence-corrected chi connectivity index (χ0v) is 18.6. The zero-order chi connectivity index (χ0) is 21.5. The molecule has 1 atom stereocenters. The molecule has 1 aromatic carbocycles. The minimum Gasteiger partial charge on any atom is -0.383 e. The predicted octanol–water partition coefficient (Wildman–Crippen LogP) is 3.57. The Balaban J connectivity index is 1.66. The first-order chi connectivity index (χ1) is 14.5. The highest BCUT2D eigenvalue weighted by molar-refractivity contribution is 7.99. The maximum atomic E-state index is 12.5. The highest BCUT2D eigenvalue weighted by atomic mass is 32.2. The average Bonchev–Trinajstić information content (AvgIpc) is 3.16. The lowest BCUT2D eigenvalue weighted by Gasteiger charge is -2.16. The number of rotatable bonds is 9. The van der Waals surface area contributed by atoms with Crippen LogP contribution >= 0.6 is 11.8 Å². The highest BCUT2D eigenvalue weighted by Crippen LogP contribution is 2.24. The van der Waals surface area contributed by atoms with Gasteiger partial charge in [-0.2, -0.15) is 0 Å². The Labute approximate surface area is 181 Å². The number of nitrogens with one attached hydrogen (secondary N) is 1. The van der Waals surface area contributed by atoms with E-state index < -0.39 is 0 Å². The van der Waals surface area contributed by atoms with Gasteiger partial charge in [-0.05, 0) is 49.6 Å². The van der Waals surface area contributed by atoms with Crippen molar-refractivity contribution in [2.75, 3.05) is 19.5 Å². The second-order valence-corrected chi connectivity index (χ2v) is 8.05. The van der Waals surface area contributed by atoms with Crippen LogP contribution in [0.5, 0.6) is 0 Å². The molecule has 7 nitrogen and oxygen atoms in total. The van der Waals surface area contributed by atoms with E-state index in [4.69, 9.17) is 4.74 Å². The van der Waals surface area contributed by atoms with Crippen LogP contribution in [-0.2, 0) is 16.1 Å². The second-order valence-electron chi connectivity index (χ2n) is 7.11. The number of aromatic nitrogens is 4.